The van der Waals surface area contributed by atoms with Crippen LogP contribution in [0, 0.1) is 12.8 Å². The molecule has 2 aromatic rings. The summed E-state index contributed by atoms with van der Waals surface area (Å²) >= 11 is 0. The van der Waals surface area contributed by atoms with Crippen LogP contribution in [-0.4, -0.2) is 39.9 Å². The molecule has 0 bridgehead atoms. The van der Waals surface area contributed by atoms with E-state index in [1.54, 1.807) is 4.90 Å². The summed E-state index contributed by atoms with van der Waals surface area (Å²) in [6.45, 7) is 7.37. The molecule has 1 aliphatic heterocycles. The first kappa shape index (κ1) is 20.0. The lowest BCUT2D eigenvalue weighted by molar-refractivity contribution is -0.135. The largest absolute Gasteiger partial charge is 0.341 e. The summed E-state index contributed by atoms with van der Waals surface area (Å²) < 4.78 is 5.42. The van der Waals surface area contributed by atoms with Crippen LogP contribution in [0.25, 0.3) is 0 Å². The van der Waals surface area contributed by atoms with Gasteiger partial charge in [0.05, 0.1) is 5.92 Å². The molecule has 0 unspecified atom stereocenters. The molecule has 3 rings (SSSR count). The van der Waals surface area contributed by atoms with Crippen LogP contribution in [0.4, 0.5) is 5.69 Å². The lowest BCUT2D eigenvalue weighted by Crippen LogP contribution is -2.40. The second-order valence-corrected chi connectivity index (χ2v) is 7.92. The number of nitrogens with zero attached hydrogens (tertiary/aromatic N) is 3. The Kier molecular flexibility index (Phi) is 6.44. The third kappa shape index (κ3) is 5.41. The van der Waals surface area contributed by atoms with Gasteiger partial charge in [-0.3, -0.25) is 9.59 Å². The molecule has 150 valence electrons. The van der Waals surface area contributed by atoms with Gasteiger partial charge in [-0.05, 0) is 37.8 Å². The van der Waals surface area contributed by atoms with E-state index in [0.717, 1.165) is 24.8 Å². The third-order valence-electron chi connectivity index (χ3n) is 4.85. The number of anilines is 1. The number of piperidine rings is 1. The Bertz CT molecular complexity index is 813. The Morgan fingerprint density at radius 3 is 2.75 bits per heavy atom. The van der Waals surface area contributed by atoms with Crippen molar-refractivity contribution >= 4 is 17.5 Å². The van der Waals surface area contributed by atoms with Crippen molar-refractivity contribution in [2.24, 2.45) is 5.92 Å². The molecule has 0 aliphatic carbocycles. The monoisotopic (exact) mass is 384 g/mol. The van der Waals surface area contributed by atoms with E-state index in [1.165, 1.54) is 0 Å². The molecule has 1 atom stereocenters. The SMILES string of the molecule is Cc1ccc(NC(=O)CC(=O)N2CCC[C@H](c3nc(CC(C)C)no3)C2)cc1. The van der Waals surface area contributed by atoms with Crippen LogP contribution in [0.5, 0.6) is 0 Å². The molecule has 1 aromatic carbocycles. The number of hydrogen-bond acceptors (Lipinski definition) is 5. The topological polar surface area (TPSA) is 88.3 Å². The van der Waals surface area contributed by atoms with Crippen molar-refractivity contribution in [3.05, 3.63) is 41.5 Å². The van der Waals surface area contributed by atoms with Gasteiger partial charge in [0.15, 0.2) is 5.82 Å². The maximum absolute atomic E-state index is 12.6. The van der Waals surface area contributed by atoms with Crippen LogP contribution >= 0.6 is 0 Å². The highest BCUT2D eigenvalue weighted by atomic mass is 16.5. The first-order valence-corrected chi connectivity index (χ1v) is 9.87. The second-order valence-electron chi connectivity index (χ2n) is 7.92. The fourth-order valence-electron chi connectivity index (χ4n) is 3.38. The van der Waals surface area contributed by atoms with Crippen LogP contribution in [0.1, 0.15) is 56.3 Å². The van der Waals surface area contributed by atoms with E-state index in [9.17, 15) is 9.59 Å². The molecular weight excluding hydrogens is 356 g/mol. The summed E-state index contributed by atoms with van der Waals surface area (Å²) in [6, 6.07) is 7.51. The van der Waals surface area contributed by atoms with Crippen LogP contribution in [0.15, 0.2) is 28.8 Å². The quantitative estimate of drug-likeness (QED) is 0.772. The average Bonchev–Trinajstić information content (AvgIpc) is 3.11. The molecule has 1 aliphatic rings. The minimum absolute atomic E-state index is 0.0336. The number of benzene rings is 1. The number of amides is 2. The number of carbonyl (C=O) groups excluding carboxylic acids is 2. The van der Waals surface area contributed by atoms with Gasteiger partial charge < -0.3 is 14.7 Å². The highest BCUT2D eigenvalue weighted by Gasteiger charge is 2.29. The van der Waals surface area contributed by atoms with Gasteiger partial charge in [-0.1, -0.05) is 36.7 Å². The number of nitrogens with one attached hydrogen (secondary N) is 1. The lowest BCUT2D eigenvalue weighted by atomic mass is 9.97. The van der Waals surface area contributed by atoms with E-state index in [4.69, 9.17) is 4.52 Å². The van der Waals surface area contributed by atoms with E-state index in [0.29, 0.717) is 36.4 Å². The number of rotatable bonds is 6. The Hall–Kier alpha value is -2.70. The van der Waals surface area contributed by atoms with E-state index >= 15 is 0 Å². The molecule has 7 heteroatoms. The maximum Gasteiger partial charge on any atom is 0.233 e. The van der Waals surface area contributed by atoms with Gasteiger partial charge in [-0.25, -0.2) is 0 Å². The average molecular weight is 384 g/mol. The van der Waals surface area contributed by atoms with Crippen LogP contribution in [-0.2, 0) is 16.0 Å². The van der Waals surface area contributed by atoms with Gasteiger partial charge in [0.25, 0.3) is 0 Å². The Morgan fingerprint density at radius 1 is 1.29 bits per heavy atom. The fraction of sp³-hybridized carbons (Fsp3) is 0.524. The van der Waals surface area contributed by atoms with Gasteiger partial charge in [-0.2, -0.15) is 4.98 Å². The molecule has 0 radical (unpaired) electrons. The minimum Gasteiger partial charge on any atom is -0.341 e. The molecule has 1 fully saturated rings. The smallest absolute Gasteiger partial charge is 0.233 e. The van der Waals surface area contributed by atoms with Crippen molar-refractivity contribution in [3.8, 4) is 0 Å². The summed E-state index contributed by atoms with van der Waals surface area (Å²) in [4.78, 5) is 31.0. The van der Waals surface area contributed by atoms with E-state index in [2.05, 4.69) is 29.3 Å². The van der Waals surface area contributed by atoms with E-state index in [-0.39, 0.29) is 24.2 Å². The van der Waals surface area contributed by atoms with Gasteiger partial charge in [0.1, 0.15) is 6.42 Å². The van der Waals surface area contributed by atoms with Crippen molar-refractivity contribution in [1.82, 2.24) is 15.0 Å². The zero-order valence-electron chi connectivity index (χ0n) is 16.8. The fourth-order valence-corrected chi connectivity index (χ4v) is 3.38. The highest BCUT2D eigenvalue weighted by molar-refractivity contribution is 6.03. The van der Waals surface area contributed by atoms with Gasteiger partial charge in [-0.15, -0.1) is 0 Å². The normalized spacial score (nSPS) is 17.0. The second kappa shape index (κ2) is 8.99. The van der Waals surface area contributed by atoms with Crippen molar-refractivity contribution in [2.45, 2.75) is 52.4 Å². The van der Waals surface area contributed by atoms with Crippen molar-refractivity contribution in [2.75, 3.05) is 18.4 Å². The van der Waals surface area contributed by atoms with Crippen LogP contribution < -0.4 is 5.32 Å². The van der Waals surface area contributed by atoms with Gasteiger partial charge in [0.2, 0.25) is 17.7 Å². The number of carbonyl (C=O) groups is 2. The molecule has 28 heavy (non-hydrogen) atoms. The molecule has 2 amide bonds. The van der Waals surface area contributed by atoms with Crippen LogP contribution in [0.2, 0.25) is 0 Å². The van der Waals surface area contributed by atoms with E-state index < -0.39 is 0 Å². The molecular formula is C21H28N4O3. The predicted molar refractivity (Wildman–Crippen MR) is 106 cm³/mol. The molecule has 1 N–H and O–H groups in total. The number of likely N-dealkylation sites (tertiary alicyclic amines) is 1. The third-order valence-corrected chi connectivity index (χ3v) is 4.85. The Morgan fingerprint density at radius 2 is 2.04 bits per heavy atom. The van der Waals surface area contributed by atoms with E-state index in [1.807, 2.05) is 31.2 Å². The summed E-state index contributed by atoms with van der Waals surface area (Å²) in [5, 5.41) is 6.83. The minimum atomic E-state index is -0.298. The van der Waals surface area contributed by atoms with Crippen molar-refractivity contribution in [3.63, 3.8) is 0 Å². The summed E-state index contributed by atoms with van der Waals surface area (Å²) in [7, 11) is 0. The predicted octanol–water partition coefficient (Wildman–Crippen LogP) is 3.31. The molecule has 7 nitrogen and oxygen atoms in total. The Labute approximate surface area is 165 Å². The van der Waals surface area contributed by atoms with Gasteiger partial charge >= 0.3 is 0 Å². The molecule has 2 heterocycles. The molecule has 1 aromatic heterocycles. The Balaban J connectivity index is 1.54. The molecule has 1 saturated heterocycles. The first-order valence-electron chi connectivity index (χ1n) is 9.87. The zero-order valence-corrected chi connectivity index (χ0v) is 16.8. The molecule has 0 spiro atoms. The number of hydrogen-bond donors (Lipinski definition) is 1. The summed E-state index contributed by atoms with van der Waals surface area (Å²) in [5.74, 6) is 1.33. The van der Waals surface area contributed by atoms with Crippen LogP contribution in [0.3, 0.4) is 0 Å². The highest BCUT2D eigenvalue weighted by Crippen LogP contribution is 2.26. The van der Waals surface area contributed by atoms with Crippen molar-refractivity contribution < 1.29 is 14.1 Å². The summed E-state index contributed by atoms with van der Waals surface area (Å²) in [6.07, 6.45) is 2.38. The van der Waals surface area contributed by atoms with Gasteiger partial charge in [0, 0.05) is 25.2 Å². The molecule has 0 saturated carbocycles. The number of aryl methyl sites for hydroxylation is 1. The first-order chi connectivity index (χ1) is 13.4. The maximum atomic E-state index is 12.6. The number of aromatic nitrogens is 2. The summed E-state index contributed by atoms with van der Waals surface area (Å²) in [5.41, 5.74) is 1.81. The lowest BCUT2D eigenvalue weighted by Gasteiger charge is -2.31. The van der Waals surface area contributed by atoms with Crippen molar-refractivity contribution in [1.29, 1.82) is 0 Å². The standard InChI is InChI=1S/C21H28N4O3/c1-14(2)11-18-23-21(28-24-18)16-5-4-10-25(13-16)20(27)12-19(26)22-17-8-6-15(3)7-9-17/h6-9,14,16H,4-5,10-13H2,1-3H3,(H,22,26)/t16-/m0/s1. The zero-order chi connectivity index (χ0) is 20.1.